The highest BCUT2D eigenvalue weighted by molar-refractivity contribution is 6.40. The third-order valence-corrected chi connectivity index (χ3v) is 1.67. The Hall–Kier alpha value is -2.55. The van der Waals surface area contributed by atoms with Crippen LogP contribution >= 0.6 is 0 Å². The summed E-state index contributed by atoms with van der Waals surface area (Å²) in [7, 11) is 0. The van der Waals surface area contributed by atoms with Crippen molar-refractivity contribution in [2.75, 3.05) is 0 Å². The van der Waals surface area contributed by atoms with Crippen LogP contribution in [0, 0.1) is 11.3 Å². The van der Waals surface area contributed by atoms with E-state index in [9.17, 15) is 9.59 Å². The fourth-order valence-electron chi connectivity index (χ4n) is 0.959. The van der Waals surface area contributed by atoms with Crippen LogP contribution in [0.4, 0.5) is 0 Å². The smallest absolute Gasteiger partial charge is 0.377 e. The minimum Gasteiger partial charge on any atom is -0.504 e. The van der Waals surface area contributed by atoms with Crippen LogP contribution in [0.2, 0.25) is 0 Å². The number of carbonyl (C=O) groups excluding carboxylic acids is 1. The minimum absolute atomic E-state index is 0.361. The van der Waals surface area contributed by atoms with Gasteiger partial charge in [-0.15, -0.1) is 0 Å². The second-order valence-electron chi connectivity index (χ2n) is 2.64. The van der Waals surface area contributed by atoms with Gasteiger partial charge >= 0.3 is 5.97 Å². The summed E-state index contributed by atoms with van der Waals surface area (Å²) in [5.41, 5.74) is -0.728. The molecule has 0 bridgehead atoms. The monoisotopic (exact) mass is 207 g/mol. The topological polar surface area (TPSA) is 119 Å². The molecule has 0 unspecified atom stereocenters. The van der Waals surface area contributed by atoms with E-state index in [1.54, 1.807) is 0 Å². The van der Waals surface area contributed by atoms with Gasteiger partial charge in [-0.05, 0) is 12.1 Å². The molecule has 1 aromatic carbocycles. The highest BCUT2D eigenvalue weighted by atomic mass is 16.4. The van der Waals surface area contributed by atoms with Crippen LogP contribution in [0.3, 0.4) is 0 Å². The number of nitrogens with zero attached hydrogens (tertiary/aromatic N) is 1. The predicted molar refractivity (Wildman–Crippen MR) is 46.5 cm³/mol. The first-order valence-electron chi connectivity index (χ1n) is 3.71. The number of phenols is 2. The lowest BCUT2D eigenvalue weighted by Gasteiger charge is -2.02. The molecule has 0 heterocycles. The molecule has 15 heavy (non-hydrogen) atoms. The number of carboxylic acid groups (broad SMARTS) is 1. The van der Waals surface area contributed by atoms with Crippen molar-refractivity contribution in [2.24, 2.45) is 0 Å². The number of aliphatic carboxylic acids is 1. The van der Waals surface area contributed by atoms with Gasteiger partial charge in [-0.3, -0.25) is 4.79 Å². The number of hydrogen-bond acceptors (Lipinski definition) is 5. The molecule has 0 atom stereocenters. The summed E-state index contributed by atoms with van der Waals surface area (Å²) in [4.78, 5) is 21.3. The summed E-state index contributed by atoms with van der Waals surface area (Å²) in [5.74, 6) is -4.36. The van der Waals surface area contributed by atoms with Crippen molar-refractivity contribution in [2.45, 2.75) is 0 Å². The SMILES string of the molecule is N#Cc1cc(C(=O)C(=O)O)cc(O)c1O. The fourth-order valence-corrected chi connectivity index (χ4v) is 0.959. The molecule has 3 N–H and O–H groups in total. The molecule has 6 nitrogen and oxygen atoms in total. The Morgan fingerprint density at radius 2 is 1.87 bits per heavy atom. The van der Waals surface area contributed by atoms with E-state index in [-0.39, 0.29) is 11.1 Å². The van der Waals surface area contributed by atoms with E-state index in [1.165, 1.54) is 6.07 Å². The van der Waals surface area contributed by atoms with Gasteiger partial charge in [0.25, 0.3) is 5.78 Å². The predicted octanol–water partition coefficient (Wildman–Crippen LogP) is 0.237. The van der Waals surface area contributed by atoms with Gasteiger partial charge in [0, 0.05) is 5.56 Å². The quantitative estimate of drug-likeness (QED) is 0.363. The zero-order valence-electron chi connectivity index (χ0n) is 7.26. The molecule has 6 heteroatoms. The molecule has 0 fully saturated rings. The van der Waals surface area contributed by atoms with Gasteiger partial charge in [-0.2, -0.15) is 5.26 Å². The van der Waals surface area contributed by atoms with Gasteiger partial charge in [0.2, 0.25) is 0 Å². The largest absolute Gasteiger partial charge is 0.504 e. The summed E-state index contributed by atoms with van der Waals surface area (Å²) < 4.78 is 0. The van der Waals surface area contributed by atoms with Crippen molar-refractivity contribution in [3.8, 4) is 17.6 Å². The number of hydrogen-bond donors (Lipinski definition) is 3. The summed E-state index contributed by atoms with van der Waals surface area (Å²) in [6.45, 7) is 0. The summed E-state index contributed by atoms with van der Waals surface area (Å²) in [6, 6.07) is 3.19. The molecule has 0 aromatic heterocycles. The van der Waals surface area contributed by atoms with E-state index in [4.69, 9.17) is 20.6 Å². The standard InChI is InChI=1S/C9H5NO5/c10-3-5-1-4(8(13)9(14)15)2-6(11)7(5)12/h1-2,11-12H,(H,14,15). The van der Waals surface area contributed by atoms with Crippen molar-refractivity contribution >= 4 is 11.8 Å². The number of rotatable bonds is 2. The van der Waals surface area contributed by atoms with E-state index in [2.05, 4.69) is 0 Å². The van der Waals surface area contributed by atoms with Gasteiger partial charge in [-0.25, -0.2) is 4.79 Å². The number of benzene rings is 1. The number of carboxylic acids is 1. The molecule has 0 aliphatic heterocycles. The second-order valence-corrected chi connectivity index (χ2v) is 2.64. The molecule has 1 aromatic rings. The lowest BCUT2D eigenvalue weighted by molar-refractivity contribution is -0.131. The van der Waals surface area contributed by atoms with E-state index in [0.717, 1.165) is 12.1 Å². The Kier molecular flexibility index (Phi) is 2.58. The molecule has 0 saturated carbocycles. The van der Waals surface area contributed by atoms with Crippen LogP contribution in [0.1, 0.15) is 15.9 Å². The maximum Gasteiger partial charge on any atom is 0.377 e. The maximum atomic E-state index is 11.0. The Morgan fingerprint density at radius 3 is 2.33 bits per heavy atom. The number of ketones is 1. The lowest BCUT2D eigenvalue weighted by atomic mass is 10.1. The molecule has 0 saturated heterocycles. The van der Waals surface area contributed by atoms with Crippen LogP contribution in [-0.4, -0.2) is 27.1 Å². The molecule has 0 aliphatic rings. The number of carbonyl (C=O) groups is 2. The van der Waals surface area contributed by atoms with Crippen LogP contribution in [0.15, 0.2) is 12.1 Å². The van der Waals surface area contributed by atoms with Crippen molar-refractivity contribution < 1.29 is 24.9 Å². The normalized spacial score (nSPS) is 9.27. The van der Waals surface area contributed by atoms with Crippen molar-refractivity contribution in [1.82, 2.24) is 0 Å². The van der Waals surface area contributed by atoms with E-state index in [1.807, 2.05) is 0 Å². The first-order chi connectivity index (χ1) is 6.97. The molecule has 0 radical (unpaired) electrons. The van der Waals surface area contributed by atoms with Gasteiger partial charge in [0.05, 0.1) is 5.56 Å². The van der Waals surface area contributed by atoms with E-state index in [0.29, 0.717) is 0 Å². The van der Waals surface area contributed by atoms with Gasteiger partial charge in [-0.1, -0.05) is 0 Å². The van der Waals surface area contributed by atoms with Crippen molar-refractivity contribution in [1.29, 1.82) is 5.26 Å². The average molecular weight is 207 g/mol. The average Bonchev–Trinajstić information content (AvgIpc) is 2.20. The molecule has 1 rings (SSSR count). The van der Waals surface area contributed by atoms with Crippen LogP contribution < -0.4 is 0 Å². The first kappa shape index (κ1) is 10.5. The maximum absolute atomic E-state index is 11.0. The van der Waals surface area contributed by atoms with Crippen LogP contribution in [-0.2, 0) is 4.79 Å². The van der Waals surface area contributed by atoms with Gasteiger partial charge in [0.15, 0.2) is 11.5 Å². The van der Waals surface area contributed by atoms with Gasteiger partial charge < -0.3 is 15.3 Å². The second kappa shape index (κ2) is 3.67. The van der Waals surface area contributed by atoms with Gasteiger partial charge in [0.1, 0.15) is 6.07 Å². The number of Topliss-reactive ketones (excluding diaryl/α,β-unsaturated/α-hetero) is 1. The number of nitriles is 1. The fraction of sp³-hybridized carbons (Fsp3) is 0. The molecule has 0 aliphatic carbocycles. The molecule has 76 valence electrons. The highest BCUT2D eigenvalue weighted by Crippen LogP contribution is 2.29. The summed E-state index contributed by atoms with van der Waals surface area (Å²) >= 11 is 0. The van der Waals surface area contributed by atoms with Crippen molar-refractivity contribution in [3.05, 3.63) is 23.3 Å². The lowest BCUT2D eigenvalue weighted by Crippen LogP contribution is -2.12. The molecule has 0 spiro atoms. The molecular weight excluding hydrogens is 202 g/mol. The van der Waals surface area contributed by atoms with E-state index < -0.39 is 23.3 Å². The highest BCUT2D eigenvalue weighted by Gasteiger charge is 2.18. The molecular formula is C9H5NO5. The third-order valence-electron chi connectivity index (χ3n) is 1.67. The third kappa shape index (κ3) is 1.86. The first-order valence-corrected chi connectivity index (χ1v) is 3.71. The summed E-state index contributed by atoms with van der Waals surface area (Å²) in [6.07, 6.45) is 0. The molecule has 0 amide bonds. The van der Waals surface area contributed by atoms with E-state index >= 15 is 0 Å². The van der Waals surface area contributed by atoms with Crippen LogP contribution in [0.25, 0.3) is 0 Å². The Balaban J connectivity index is 3.36. The number of aromatic hydroxyl groups is 2. The Bertz CT molecular complexity index is 486. The zero-order chi connectivity index (χ0) is 11.6. The number of phenolic OH excluding ortho intramolecular Hbond substituents is 2. The van der Waals surface area contributed by atoms with Crippen molar-refractivity contribution in [3.63, 3.8) is 0 Å². The van der Waals surface area contributed by atoms with Crippen LogP contribution in [0.5, 0.6) is 11.5 Å². The zero-order valence-corrected chi connectivity index (χ0v) is 7.26. The summed E-state index contributed by atoms with van der Waals surface area (Å²) in [5, 5.41) is 35.1. The minimum atomic E-state index is -1.70. The Labute approximate surface area is 83.6 Å². The Morgan fingerprint density at radius 1 is 1.27 bits per heavy atom.